The van der Waals surface area contributed by atoms with Crippen molar-refractivity contribution in [2.24, 2.45) is 0 Å². The number of ether oxygens (including phenoxy) is 2. The molecule has 0 saturated carbocycles. The average molecular weight is 284 g/mol. The molecule has 0 saturated heterocycles. The van der Waals surface area contributed by atoms with Gasteiger partial charge in [-0.15, -0.1) is 49.6 Å². The van der Waals surface area contributed by atoms with Crippen molar-refractivity contribution in [3.05, 3.63) is 0 Å². The largest absolute Gasteiger partial charge is 0.356 e. The Kier molecular flexibility index (Phi) is 104. The molecule has 0 bridgehead atoms. The van der Waals surface area contributed by atoms with Crippen LogP contribution in [0.2, 0.25) is 0 Å². The summed E-state index contributed by atoms with van der Waals surface area (Å²) in [5.74, 6) is 0. The van der Waals surface area contributed by atoms with Crippen molar-refractivity contribution in [2.45, 2.75) is 13.2 Å². The quantitative estimate of drug-likeness (QED) is 0.572. The summed E-state index contributed by atoms with van der Waals surface area (Å²) in [7, 11) is 3.21. The predicted octanol–water partition coefficient (Wildman–Crippen LogP) is 2.31. The summed E-state index contributed by atoms with van der Waals surface area (Å²) in [6, 6.07) is 0. The molecule has 11 heavy (non-hydrogen) atoms. The van der Waals surface area contributed by atoms with Crippen molar-refractivity contribution in [3.63, 3.8) is 0 Å². The zero-order valence-corrected chi connectivity index (χ0v) is 11.4. The molecule has 0 heterocycles. The van der Waals surface area contributed by atoms with Crippen LogP contribution in [0.15, 0.2) is 0 Å². The Hall–Kier alpha value is 1.79. The van der Waals surface area contributed by atoms with E-state index in [1.165, 1.54) is 0 Å². The third-order valence-corrected chi connectivity index (χ3v) is 0.664. The first-order chi connectivity index (χ1) is 2.81. The molecule has 0 N–H and O–H groups in total. The van der Waals surface area contributed by atoms with E-state index in [1.807, 2.05) is 6.92 Å². The fraction of sp³-hybridized carbons (Fsp3) is 1.00. The van der Waals surface area contributed by atoms with Crippen LogP contribution >= 0.6 is 49.6 Å². The van der Waals surface area contributed by atoms with E-state index in [9.17, 15) is 0 Å². The first-order valence-corrected chi connectivity index (χ1v) is 1.87. The van der Waals surface area contributed by atoms with E-state index in [0.29, 0.717) is 0 Å². The summed E-state index contributed by atoms with van der Waals surface area (Å²) < 4.78 is 9.35. The van der Waals surface area contributed by atoms with Gasteiger partial charge in [-0.3, -0.25) is 0 Å². The molecule has 0 aromatic carbocycles. The molecule has 0 fully saturated rings. The van der Waals surface area contributed by atoms with Crippen molar-refractivity contribution in [3.8, 4) is 0 Å². The summed E-state index contributed by atoms with van der Waals surface area (Å²) >= 11 is 0. The molecule has 0 aliphatic heterocycles. The van der Waals surface area contributed by atoms with Crippen molar-refractivity contribution >= 4 is 49.6 Å². The maximum Gasteiger partial charge on any atom is 0.154 e. The van der Waals surface area contributed by atoms with Crippen LogP contribution in [0.25, 0.3) is 0 Å². The maximum atomic E-state index is 4.68. The summed E-state index contributed by atoms with van der Waals surface area (Å²) in [4.78, 5) is 0. The van der Waals surface area contributed by atoms with Gasteiger partial charge in [0.25, 0.3) is 0 Å². The predicted molar refractivity (Wildman–Crippen MR) is 52.5 cm³/mol. The molecule has 0 unspecified atom stereocenters. The summed E-state index contributed by atoms with van der Waals surface area (Å²) in [5, 5.41) is 0. The number of halogens is 4. The van der Waals surface area contributed by atoms with Gasteiger partial charge in [0.15, 0.2) is 6.29 Å². The Balaban J connectivity index is -0.0000000125. The third kappa shape index (κ3) is 33.7. The molecule has 74 valence electrons. The zero-order chi connectivity index (χ0) is 4.99. The van der Waals surface area contributed by atoms with Crippen LogP contribution in [0.1, 0.15) is 6.92 Å². The Morgan fingerprint density at radius 1 is 0.818 bits per heavy atom. The van der Waals surface area contributed by atoms with Crippen LogP contribution in [-0.2, 0) is 31.2 Å². The minimum absolute atomic E-state index is 0. The Bertz CT molecular complexity index is 39.3. The smallest absolute Gasteiger partial charge is 0.154 e. The van der Waals surface area contributed by atoms with Gasteiger partial charge in [0.1, 0.15) is 0 Å². The van der Waals surface area contributed by atoms with Gasteiger partial charge in [0.05, 0.1) is 0 Å². The molecule has 0 spiro atoms. The van der Waals surface area contributed by atoms with E-state index in [0.717, 1.165) is 0 Å². The number of methoxy groups -OCH3 is 2. The SMILES string of the molecule is COC(C)OC.Cl.Cl.Cl.Cl.[Ti]. The van der Waals surface area contributed by atoms with E-state index in [2.05, 4.69) is 9.47 Å². The first-order valence-electron chi connectivity index (χ1n) is 1.87. The molecular formula is C4H14Cl4O2Ti. The molecule has 0 aromatic heterocycles. The van der Waals surface area contributed by atoms with E-state index in [4.69, 9.17) is 0 Å². The van der Waals surface area contributed by atoms with Gasteiger partial charge in [-0.2, -0.15) is 0 Å². The molecule has 0 aromatic rings. The van der Waals surface area contributed by atoms with Gasteiger partial charge in [0.2, 0.25) is 0 Å². The minimum Gasteiger partial charge on any atom is -0.356 e. The van der Waals surface area contributed by atoms with Gasteiger partial charge < -0.3 is 9.47 Å². The summed E-state index contributed by atoms with van der Waals surface area (Å²) in [6.07, 6.45) is -0.0648. The molecule has 0 amide bonds. The van der Waals surface area contributed by atoms with Gasteiger partial charge in [-0.25, -0.2) is 0 Å². The first kappa shape index (κ1) is 38.6. The second-order valence-corrected chi connectivity index (χ2v) is 1.04. The van der Waals surface area contributed by atoms with Gasteiger partial charge in [-0.05, 0) is 6.92 Å². The molecule has 0 atom stereocenters. The monoisotopic (exact) mass is 282 g/mol. The van der Waals surface area contributed by atoms with Crippen molar-refractivity contribution in [1.29, 1.82) is 0 Å². The Morgan fingerprint density at radius 3 is 1.00 bits per heavy atom. The second kappa shape index (κ2) is 29.8. The molecule has 7 heteroatoms. The molecule has 0 aliphatic rings. The minimum atomic E-state index is -0.0648. The maximum absolute atomic E-state index is 4.68. The fourth-order valence-corrected chi connectivity index (χ4v) is 0.0962. The molecule has 0 aliphatic carbocycles. The number of hydrogen-bond donors (Lipinski definition) is 0. The van der Waals surface area contributed by atoms with Gasteiger partial charge in [0, 0.05) is 35.9 Å². The van der Waals surface area contributed by atoms with Crippen LogP contribution in [0.4, 0.5) is 0 Å². The van der Waals surface area contributed by atoms with Crippen LogP contribution in [0.3, 0.4) is 0 Å². The Morgan fingerprint density at radius 2 is 1.00 bits per heavy atom. The standard InChI is InChI=1S/C4H10O2.4ClH.Ti/c1-4(5-2)6-3;;;;;/h4H,1-3H3;4*1H;. The normalized spacial score (nSPS) is 5.45. The van der Waals surface area contributed by atoms with Crippen LogP contribution in [-0.4, -0.2) is 20.5 Å². The van der Waals surface area contributed by atoms with E-state index in [-0.39, 0.29) is 77.6 Å². The number of hydrogen-bond acceptors (Lipinski definition) is 2. The summed E-state index contributed by atoms with van der Waals surface area (Å²) in [6.45, 7) is 1.83. The van der Waals surface area contributed by atoms with Crippen molar-refractivity contribution in [1.82, 2.24) is 0 Å². The van der Waals surface area contributed by atoms with Gasteiger partial charge in [-0.1, -0.05) is 0 Å². The molecular weight excluding hydrogens is 270 g/mol. The fourth-order valence-electron chi connectivity index (χ4n) is 0.0962. The summed E-state index contributed by atoms with van der Waals surface area (Å²) in [5.41, 5.74) is 0. The molecule has 0 radical (unpaired) electrons. The van der Waals surface area contributed by atoms with E-state index in [1.54, 1.807) is 14.2 Å². The molecule has 0 rings (SSSR count). The third-order valence-electron chi connectivity index (χ3n) is 0.664. The number of rotatable bonds is 2. The Labute approximate surface area is 108 Å². The van der Waals surface area contributed by atoms with Crippen LogP contribution in [0, 0.1) is 0 Å². The van der Waals surface area contributed by atoms with E-state index < -0.39 is 0 Å². The van der Waals surface area contributed by atoms with Crippen molar-refractivity contribution < 1.29 is 31.2 Å². The second-order valence-electron chi connectivity index (χ2n) is 1.04. The van der Waals surface area contributed by atoms with Crippen molar-refractivity contribution in [2.75, 3.05) is 14.2 Å². The zero-order valence-electron chi connectivity index (χ0n) is 6.53. The van der Waals surface area contributed by atoms with Crippen LogP contribution < -0.4 is 0 Å². The van der Waals surface area contributed by atoms with Gasteiger partial charge >= 0.3 is 0 Å². The average Bonchev–Trinajstić information content (AvgIpc) is 1.65. The topological polar surface area (TPSA) is 18.5 Å². The van der Waals surface area contributed by atoms with Crippen LogP contribution in [0.5, 0.6) is 0 Å². The molecule has 2 nitrogen and oxygen atoms in total. The van der Waals surface area contributed by atoms with E-state index >= 15 is 0 Å².